The van der Waals surface area contributed by atoms with Gasteiger partial charge in [0, 0.05) is 57.2 Å². The minimum Gasteiger partial charge on any atom is -0.493 e. The Morgan fingerprint density at radius 3 is 2.53 bits per heavy atom. The second kappa shape index (κ2) is 16.2. The smallest absolute Gasteiger partial charge is 0.263 e. The van der Waals surface area contributed by atoms with Crippen LogP contribution in [0.3, 0.4) is 0 Å². The van der Waals surface area contributed by atoms with Crippen molar-refractivity contribution in [3.63, 3.8) is 0 Å². The van der Waals surface area contributed by atoms with E-state index in [0.29, 0.717) is 74.3 Å². The van der Waals surface area contributed by atoms with E-state index in [1.54, 1.807) is 18.9 Å². The highest BCUT2D eigenvalue weighted by Gasteiger charge is 2.33. The largest absolute Gasteiger partial charge is 0.493 e. The molecule has 1 unspecified atom stereocenters. The van der Waals surface area contributed by atoms with E-state index in [4.69, 9.17) is 26.3 Å². The number of allylic oxidation sites excluding steroid dienone is 4. The Hall–Kier alpha value is -4.53. The third kappa shape index (κ3) is 8.68. The van der Waals surface area contributed by atoms with Gasteiger partial charge in [0.05, 0.1) is 39.7 Å². The first-order valence-electron chi connectivity index (χ1n) is 16.6. The fraction of sp³-hybridized carbons (Fsp3) is 0.389. The number of aliphatic hydroxyl groups is 1. The van der Waals surface area contributed by atoms with Crippen molar-refractivity contribution in [1.82, 2.24) is 25.5 Å². The third-order valence-corrected chi connectivity index (χ3v) is 10.3. The number of rotatable bonds is 11. The van der Waals surface area contributed by atoms with Crippen LogP contribution in [0.5, 0.6) is 5.75 Å². The molecule has 0 radical (unpaired) electrons. The molecule has 0 saturated carbocycles. The van der Waals surface area contributed by atoms with E-state index in [1.807, 2.05) is 25.3 Å². The summed E-state index contributed by atoms with van der Waals surface area (Å²) < 4.78 is 20.1. The molecule has 12 nitrogen and oxygen atoms in total. The first-order valence-corrected chi connectivity index (χ1v) is 17.9. The van der Waals surface area contributed by atoms with Crippen LogP contribution in [0, 0.1) is 6.92 Å². The van der Waals surface area contributed by atoms with E-state index >= 15 is 0 Å². The van der Waals surface area contributed by atoms with E-state index in [0.717, 1.165) is 22.6 Å². The highest BCUT2D eigenvalue weighted by molar-refractivity contribution is 8.04. The van der Waals surface area contributed by atoms with E-state index in [2.05, 4.69) is 45.8 Å². The first kappa shape index (κ1) is 37.7. The first-order chi connectivity index (χ1) is 24.3. The maximum atomic E-state index is 14.5. The number of methoxy groups -OCH3 is 1. The highest BCUT2D eigenvalue weighted by atomic mass is 35.5. The number of nitrogens with zero attached hydrogens (tertiary/aromatic N) is 5. The second-order valence-corrected chi connectivity index (χ2v) is 14.2. The molecule has 51 heavy (non-hydrogen) atoms. The van der Waals surface area contributed by atoms with Crippen LogP contribution in [0.25, 0.3) is 11.3 Å². The molecule has 0 bridgehead atoms. The van der Waals surface area contributed by atoms with Gasteiger partial charge in [-0.1, -0.05) is 42.6 Å². The lowest BCUT2D eigenvalue weighted by molar-refractivity contribution is -0.126. The zero-order chi connectivity index (χ0) is 36.9. The van der Waals surface area contributed by atoms with Crippen molar-refractivity contribution in [3.8, 4) is 17.0 Å². The maximum Gasteiger partial charge on any atom is 0.263 e. The molecule has 2 aromatic rings. The summed E-state index contributed by atoms with van der Waals surface area (Å²) in [6.07, 6.45) is 8.61. The van der Waals surface area contributed by atoms with Gasteiger partial charge in [-0.25, -0.2) is 14.4 Å². The number of piperazine rings is 1. The zero-order valence-corrected chi connectivity index (χ0v) is 30.8. The minimum absolute atomic E-state index is 0.0801. The van der Waals surface area contributed by atoms with Crippen LogP contribution in [0.4, 0.5) is 21.7 Å². The molecule has 2 saturated heterocycles. The van der Waals surface area contributed by atoms with Gasteiger partial charge in [0.2, 0.25) is 5.91 Å². The van der Waals surface area contributed by atoms with Crippen LogP contribution in [0.15, 0.2) is 77.4 Å². The van der Waals surface area contributed by atoms with Crippen molar-refractivity contribution in [2.24, 2.45) is 0 Å². The van der Waals surface area contributed by atoms with Gasteiger partial charge in [0.1, 0.15) is 5.83 Å². The molecule has 1 atom stereocenters. The predicted molar refractivity (Wildman–Crippen MR) is 202 cm³/mol. The van der Waals surface area contributed by atoms with Crippen molar-refractivity contribution in [1.29, 1.82) is 0 Å². The van der Waals surface area contributed by atoms with E-state index in [-0.39, 0.29) is 16.6 Å². The van der Waals surface area contributed by atoms with Crippen molar-refractivity contribution >= 4 is 52.5 Å². The number of halogens is 2. The van der Waals surface area contributed by atoms with Gasteiger partial charge in [-0.05, 0) is 63.5 Å². The van der Waals surface area contributed by atoms with Gasteiger partial charge in [-0.15, -0.1) is 0 Å². The SMILES string of the molecule is C=CC(=O)N1CCN(c2ncc(-c3ccc(OC)c(NC4NC=C(C(=O)N/C(C(=C)Cl)=C(F)/C=C\C)S4)n3)c(C)c2N2CCC(C)(O)CC2)CC1. The van der Waals surface area contributed by atoms with Crippen molar-refractivity contribution in [3.05, 3.63) is 82.9 Å². The summed E-state index contributed by atoms with van der Waals surface area (Å²) >= 11 is 7.13. The number of pyridine rings is 2. The average Bonchev–Trinajstić information content (AvgIpc) is 3.59. The Bertz CT molecular complexity index is 1780. The number of thioether (sulfide) groups is 1. The van der Waals surface area contributed by atoms with Gasteiger partial charge in [0.25, 0.3) is 5.91 Å². The molecule has 272 valence electrons. The standard InChI is InChI=1S/C36H44ClFN8O4S/c1-7-9-25(38)30(23(4)37)42-34(48)28-21-40-35(51-28)43-32-27(50-6)11-10-26(41-32)24-20-39-33(46-18-16-44(17-19-46)29(47)8-2)31(22(24)3)45-14-12-36(5,49)13-15-45/h7-11,20-21,35,40,49H,2,4,12-19H2,1,3,5-6H3,(H,41,43)(H,42,48)/b9-7-,30-25-. The number of carbonyl (C=O) groups is 2. The summed E-state index contributed by atoms with van der Waals surface area (Å²) in [4.78, 5) is 41.7. The molecule has 0 aliphatic carbocycles. The van der Waals surface area contributed by atoms with Crippen molar-refractivity contribution < 1.29 is 23.8 Å². The number of piperidine rings is 1. The molecule has 0 spiro atoms. The summed E-state index contributed by atoms with van der Waals surface area (Å²) in [5.41, 5.74) is 2.01. The number of carbonyl (C=O) groups excluding carboxylic acids is 2. The normalized spacial score (nSPS) is 19.2. The summed E-state index contributed by atoms with van der Waals surface area (Å²) in [7, 11) is 1.55. The van der Waals surface area contributed by atoms with Crippen molar-refractivity contribution in [2.75, 3.05) is 61.5 Å². The number of amides is 2. The van der Waals surface area contributed by atoms with Crippen LogP contribution in [-0.2, 0) is 9.59 Å². The van der Waals surface area contributed by atoms with E-state index in [1.165, 1.54) is 36.2 Å². The molecular formula is C36H44ClFN8O4S. The second-order valence-electron chi connectivity index (χ2n) is 12.6. The summed E-state index contributed by atoms with van der Waals surface area (Å²) in [5, 5.41) is 19.5. The molecule has 5 heterocycles. The van der Waals surface area contributed by atoms with E-state index < -0.39 is 22.8 Å². The Morgan fingerprint density at radius 1 is 1.20 bits per heavy atom. The van der Waals surface area contributed by atoms with Crippen LogP contribution < -0.4 is 30.5 Å². The number of hydrogen-bond donors (Lipinski definition) is 4. The van der Waals surface area contributed by atoms with E-state index in [9.17, 15) is 19.1 Å². The lowest BCUT2D eigenvalue weighted by atomic mass is 9.92. The van der Waals surface area contributed by atoms with Crippen LogP contribution >= 0.6 is 23.4 Å². The maximum absolute atomic E-state index is 14.5. The molecule has 3 aliphatic rings. The fourth-order valence-corrected chi connectivity index (χ4v) is 7.11. The van der Waals surface area contributed by atoms with Gasteiger partial charge in [-0.2, -0.15) is 0 Å². The van der Waals surface area contributed by atoms with Gasteiger partial charge in [-0.3, -0.25) is 9.59 Å². The molecule has 4 N–H and O–H groups in total. The van der Waals surface area contributed by atoms with Crippen molar-refractivity contribution in [2.45, 2.75) is 44.7 Å². The number of nitrogens with one attached hydrogen (secondary N) is 3. The summed E-state index contributed by atoms with van der Waals surface area (Å²) in [6, 6.07) is 3.69. The fourth-order valence-electron chi connectivity index (χ4n) is 6.11. The Labute approximate surface area is 307 Å². The zero-order valence-electron chi connectivity index (χ0n) is 29.3. The van der Waals surface area contributed by atoms with Gasteiger partial charge in [0.15, 0.2) is 22.9 Å². The Kier molecular flexibility index (Phi) is 12.0. The molecule has 3 aliphatic heterocycles. The third-order valence-electron chi connectivity index (χ3n) is 9.03. The monoisotopic (exact) mass is 738 g/mol. The summed E-state index contributed by atoms with van der Waals surface area (Å²) in [5.74, 6) is 0.418. The Balaban J connectivity index is 1.40. The van der Waals surface area contributed by atoms with Crippen LogP contribution in [-0.4, -0.2) is 89.3 Å². The molecule has 2 aromatic heterocycles. The molecule has 2 fully saturated rings. The molecule has 2 amide bonds. The topological polar surface area (TPSA) is 135 Å². The molecule has 0 aromatic carbocycles. The molecular weight excluding hydrogens is 695 g/mol. The number of ether oxygens (including phenoxy) is 1. The van der Waals surface area contributed by atoms with Crippen LogP contribution in [0.2, 0.25) is 0 Å². The predicted octanol–water partition coefficient (Wildman–Crippen LogP) is 5.15. The quantitative estimate of drug-likeness (QED) is 0.180. The Morgan fingerprint density at radius 2 is 1.90 bits per heavy atom. The number of hydrogen-bond acceptors (Lipinski definition) is 11. The number of anilines is 3. The lowest BCUT2D eigenvalue weighted by Crippen LogP contribution is -2.49. The van der Waals surface area contributed by atoms with Crippen LogP contribution in [0.1, 0.15) is 32.3 Å². The highest BCUT2D eigenvalue weighted by Crippen LogP contribution is 2.40. The van der Waals surface area contributed by atoms with Gasteiger partial charge < -0.3 is 40.5 Å². The molecule has 15 heteroatoms. The van der Waals surface area contributed by atoms with Gasteiger partial charge >= 0.3 is 0 Å². The lowest BCUT2D eigenvalue weighted by Gasteiger charge is -2.41. The molecule has 5 rings (SSSR count). The number of aromatic nitrogens is 2. The summed E-state index contributed by atoms with van der Waals surface area (Å²) in [6.45, 7) is 16.5. The average molecular weight is 739 g/mol. The minimum atomic E-state index is -0.730.